The van der Waals surface area contributed by atoms with Gasteiger partial charge in [0.05, 0.1) is 18.9 Å². The summed E-state index contributed by atoms with van der Waals surface area (Å²) in [5.74, 6) is 0.0200. The van der Waals surface area contributed by atoms with Gasteiger partial charge >= 0.3 is 0 Å². The minimum absolute atomic E-state index is 0.0200. The lowest BCUT2D eigenvalue weighted by atomic mass is 10.1. The molecule has 0 unspecified atom stereocenters. The van der Waals surface area contributed by atoms with Gasteiger partial charge in [-0.15, -0.1) is 0 Å². The fraction of sp³-hybridized carbons (Fsp3) is 0.400. The highest BCUT2D eigenvalue weighted by Crippen LogP contribution is 2.21. The Morgan fingerprint density at radius 1 is 1.50 bits per heavy atom. The summed E-state index contributed by atoms with van der Waals surface area (Å²) < 4.78 is 10.6. The summed E-state index contributed by atoms with van der Waals surface area (Å²) in [5, 5.41) is 0. The maximum Gasteiger partial charge on any atom is 0.201 e. The fourth-order valence-electron chi connectivity index (χ4n) is 1.33. The lowest BCUT2D eigenvalue weighted by Gasteiger charge is -2.08. The zero-order chi connectivity index (χ0) is 9.97. The van der Waals surface area contributed by atoms with E-state index in [1.54, 1.807) is 18.3 Å². The van der Waals surface area contributed by atoms with E-state index in [1.807, 2.05) is 0 Å². The van der Waals surface area contributed by atoms with Crippen LogP contribution in [0.1, 0.15) is 29.3 Å². The van der Waals surface area contributed by atoms with Gasteiger partial charge in [0.2, 0.25) is 6.29 Å². The van der Waals surface area contributed by atoms with E-state index in [-0.39, 0.29) is 5.78 Å². The first kappa shape index (κ1) is 9.30. The van der Waals surface area contributed by atoms with Crippen molar-refractivity contribution in [3.63, 3.8) is 0 Å². The van der Waals surface area contributed by atoms with Crippen molar-refractivity contribution in [1.82, 2.24) is 4.98 Å². The Bertz CT molecular complexity index is 345. The zero-order valence-electron chi connectivity index (χ0n) is 7.90. The van der Waals surface area contributed by atoms with Crippen molar-refractivity contribution in [2.75, 3.05) is 13.2 Å². The number of ketones is 1. The Morgan fingerprint density at radius 2 is 2.21 bits per heavy atom. The van der Waals surface area contributed by atoms with E-state index in [0.29, 0.717) is 24.5 Å². The van der Waals surface area contributed by atoms with E-state index in [2.05, 4.69) is 4.98 Å². The monoisotopic (exact) mass is 193 g/mol. The van der Waals surface area contributed by atoms with Gasteiger partial charge in [0, 0.05) is 11.8 Å². The number of rotatable bonds is 2. The summed E-state index contributed by atoms with van der Waals surface area (Å²) >= 11 is 0. The van der Waals surface area contributed by atoms with Gasteiger partial charge in [-0.25, -0.2) is 0 Å². The van der Waals surface area contributed by atoms with Crippen LogP contribution in [0.2, 0.25) is 0 Å². The van der Waals surface area contributed by atoms with Crippen molar-refractivity contribution in [3.05, 3.63) is 29.6 Å². The highest BCUT2D eigenvalue weighted by molar-refractivity contribution is 5.93. The molecule has 1 saturated heterocycles. The van der Waals surface area contributed by atoms with Crippen LogP contribution < -0.4 is 0 Å². The van der Waals surface area contributed by atoms with Crippen LogP contribution in [-0.4, -0.2) is 24.0 Å². The molecule has 0 radical (unpaired) electrons. The Morgan fingerprint density at radius 3 is 2.86 bits per heavy atom. The molecule has 1 fully saturated rings. The molecule has 4 nitrogen and oxygen atoms in total. The summed E-state index contributed by atoms with van der Waals surface area (Å²) in [6.07, 6.45) is 1.19. The van der Waals surface area contributed by atoms with E-state index in [0.717, 1.165) is 0 Å². The highest BCUT2D eigenvalue weighted by Gasteiger charge is 2.19. The summed E-state index contributed by atoms with van der Waals surface area (Å²) in [4.78, 5) is 15.2. The number of carbonyl (C=O) groups is 1. The quantitative estimate of drug-likeness (QED) is 0.665. The number of aromatic nitrogens is 1. The SMILES string of the molecule is CC(=O)c1ccnc(C2OCCO2)c1. The van der Waals surface area contributed by atoms with Crippen LogP contribution in [0.15, 0.2) is 18.3 Å². The third kappa shape index (κ3) is 1.81. The molecule has 2 heterocycles. The molecule has 1 aliphatic rings. The maximum atomic E-state index is 11.1. The second kappa shape index (κ2) is 3.86. The summed E-state index contributed by atoms with van der Waals surface area (Å²) in [6, 6.07) is 3.39. The lowest BCUT2D eigenvalue weighted by Crippen LogP contribution is -2.03. The molecule has 0 atom stereocenters. The molecule has 0 aliphatic carbocycles. The molecule has 0 spiro atoms. The minimum atomic E-state index is -0.408. The average molecular weight is 193 g/mol. The van der Waals surface area contributed by atoms with E-state index >= 15 is 0 Å². The highest BCUT2D eigenvalue weighted by atomic mass is 16.7. The molecule has 2 rings (SSSR count). The van der Waals surface area contributed by atoms with Gasteiger partial charge in [0.25, 0.3) is 0 Å². The number of ether oxygens (including phenoxy) is 2. The fourth-order valence-corrected chi connectivity index (χ4v) is 1.33. The summed E-state index contributed by atoms with van der Waals surface area (Å²) in [5.41, 5.74) is 1.30. The number of hydrogen-bond donors (Lipinski definition) is 0. The molecule has 74 valence electrons. The van der Waals surface area contributed by atoms with Crippen LogP contribution in [0.5, 0.6) is 0 Å². The molecule has 1 aliphatic heterocycles. The molecule has 4 heteroatoms. The second-order valence-corrected chi connectivity index (χ2v) is 3.10. The molecule has 0 N–H and O–H groups in total. The standard InChI is InChI=1S/C10H11NO3/c1-7(12)8-2-3-11-9(6-8)10-13-4-5-14-10/h2-3,6,10H,4-5H2,1H3. The molecule has 0 aromatic carbocycles. The molecular weight excluding hydrogens is 182 g/mol. The van der Waals surface area contributed by atoms with E-state index in [9.17, 15) is 4.79 Å². The third-order valence-corrected chi connectivity index (χ3v) is 2.05. The van der Waals surface area contributed by atoms with Crippen LogP contribution in [0.4, 0.5) is 0 Å². The predicted molar refractivity (Wildman–Crippen MR) is 48.9 cm³/mol. The van der Waals surface area contributed by atoms with Crippen molar-refractivity contribution >= 4 is 5.78 Å². The van der Waals surface area contributed by atoms with Crippen molar-refractivity contribution in [2.24, 2.45) is 0 Å². The van der Waals surface area contributed by atoms with Crippen LogP contribution in [0, 0.1) is 0 Å². The van der Waals surface area contributed by atoms with Gasteiger partial charge in [-0.05, 0) is 19.1 Å². The smallest absolute Gasteiger partial charge is 0.201 e. The topological polar surface area (TPSA) is 48.4 Å². The van der Waals surface area contributed by atoms with Crippen LogP contribution in [-0.2, 0) is 9.47 Å². The molecule has 0 saturated carbocycles. The number of carbonyl (C=O) groups excluding carboxylic acids is 1. The molecule has 14 heavy (non-hydrogen) atoms. The van der Waals surface area contributed by atoms with Gasteiger partial charge in [-0.3, -0.25) is 9.78 Å². The average Bonchev–Trinajstić information content (AvgIpc) is 2.71. The number of hydrogen-bond acceptors (Lipinski definition) is 4. The first-order valence-corrected chi connectivity index (χ1v) is 4.47. The van der Waals surface area contributed by atoms with Crippen molar-refractivity contribution in [3.8, 4) is 0 Å². The Kier molecular flexibility index (Phi) is 2.56. The van der Waals surface area contributed by atoms with E-state index < -0.39 is 6.29 Å². The van der Waals surface area contributed by atoms with Crippen molar-refractivity contribution < 1.29 is 14.3 Å². The number of nitrogens with zero attached hydrogens (tertiary/aromatic N) is 1. The minimum Gasteiger partial charge on any atom is -0.345 e. The first-order chi connectivity index (χ1) is 6.77. The number of pyridine rings is 1. The van der Waals surface area contributed by atoms with Crippen molar-refractivity contribution in [2.45, 2.75) is 13.2 Å². The normalized spacial score (nSPS) is 17.2. The van der Waals surface area contributed by atoms with Crippen LogP contribution in [0.3, 0.4) is 0 Å². The molecule has 0 amide bonds. The molecule has 1 aromatic heterocycles. The third-order valence-electron chi connectivity index (χ3n) is 2.05. The van der Waals surface area contributed by atoms with E-state index in [4.69, 9.17) is 9.47 Å². The van der Waals surface area contributed by atoms with E-state index in [1.165, 1.54) is 6.92 Å². The first-order valence-electron chi connectivity index (χ1n) is 4.47. The number of Topliss-reactive ketones (excluding diaryl/α,β-unsaturated/α-hetero) is 1. The van der Waals surface area contributed by atoms with Gasteiger partial charge in [-0.2, -0.15) is 0 Å². The van der Waals surface area contributed by atoms with Gasteiger partial charge in [-0.1, -0.05) is 0 Å². The second-order valence-electron chi connectivity index (χ2n) is 3.10. The van der Waals surface area contributed by atoms with Gasteiger partial charge < -0.3 is 9.47 Å². The zero-order valence-corrected chi connectivity index (χ0v) is 7.90. The molecule has 1 aromatic rings. The van der Waals surface area contributed by atoms with Crippen LogP contribution >= 0.6 is 0 Å². The Balaban J connectivity index is 2.25. The molecule has 0 bridgehead atoms. The summed E-state index contributed by atoms with van der Waals surface area (Å²) in [7, 11) is 0. The van der Waals surface area contributed by atoms with Gasteiger partial charge in [0.15, 0.2) is 5.78 Å². The molecular formula is C10H11NO3. The predicted octanol–water partition coefficient (Wildman–Crippen LogP) is 1.33. The van der Waals surface area contributed by atoms with Gasteiger partial charge in [0.1, 0.15) is 0 Å². The summed E-state index contributed by atoms with van der Waals surface area (Å²) in [6.45, 7) is 2.68. The van der Waals surface area contributed by atoms with Crippen molar-refractivity contribution in [1.29, 1.82) is 0 Å². The Labute approximate surface area is 81.9 Å². The Hall–Kier alpha value is -1.26. The van der Waals surface area contributed by atoms with Crippen LogP contribution in [0.25, 0.3) is 0 Å². The lowest BCUT2D eigenvalue weighted by molar-refractivity contribution is -0.0473. The maximum absolute atomic E-state index is 11.1. The largest absolute Gasteiger partial charge is 0.345 e.